The van der Waals surface area contributed by atoms with E-state index < -0.39 is 6.09 Å². The molecule has 0 spiro atoms. The average Bonchev–Trinajstić information content (AvgIpc) is 3.58. The zero-order valence-corrected chi connectivity index (χ0v) is 23.0. The van der Waals surface area contributed by atoms with Gasteiger partial charge in [-0.25, -0.2) is 14.5 Å². The Bertz CT molecular complexity index is 1580. The minimum Gasteiger partial charge on any atom is -0.453 e. The van der Waals surface area contributed by atoms with E-state index >= 15 is 0 Å². The SMILES string of the molecule is [B]c1cc(C(=O)N(C)C2CCOCC2)ccc1-n1nc(-c2cccnc2)c2c1-c1sc(NC(=O)OC)nc1CC2. The van der Waals surface area contributed by atoms with Crippen molar-refractivity contribution in [2.24, 2.45) is 0 Å². The van der Waals surface area contributed by atoms with Crippen LogP contribution in [0, 0.1) is 0 Å². The molecule has 1 aromatic carbocycles. The van der Waals surface area contributed by atoms with Crippen LogP contribution in [-0.2, 0) is 22.3 Å². The Hall–Kier alpha value is -4.03. The number of benzene rings is 1. The summed E-state index contributed by atoms with van der Waals surface area (Å²) in [4.78, 5) is 36.8. The molecule has 6 rings (SSSR count). The first-order valence-electron chi connectivity index (χ1n) is 13.1. The lowest BCUT2D eigenvalue weighted by Gasteiger charge is -2.31. The highest BCUT2D eigenvalue weighted by molar-refractivity contribution is 7.19. The summed E-state index contributed by atoms with van der Waals surface area (Å²) in [7, 11) is 9.76. The molecule has 10 nitrogen and oxygen atoms in total. The molecule has 1 aliphatic heterocycles. The maximum atomic E-state index is 13.3. The Balaban J connectivity index is 1.42. The molecular formula is C28H27BN6O4S. The molecule has 1 N–H and O–H groups in total. The van der Waals surface area contributed by atoms with Gasteiger partial charge in [-0.1, -0.05) is 22.9 Å². The first-order chi connectivity index (χ1) is 19.4. The van der Waals surface area contributed by atoms with E-state index in [-0.39, 0.29) is 11.9 Å². The molecule has 2 aliphatic rings. The van der Waals surface area contributed by atoms with Crippen molar-refractivity contribution in [3.05, 3.63) is 59.5 Å². The fraction of sp³-hybridized carbons (Fsp3) is 0.321. The van der Waals surface area contributed by atoms with Crippen LogP contribution in [0.2, 0.25) is 0 Å². The van der Waals surface area contributed by atoms with Gasteiger partial charge in [0, 0.05) is 55.4 Å². The third-order valence-electron chi connectivity index (χ3n) is 7.40. The number of nitrogens with one attached hydrogen (secondary N) is 1. The second-order valence-electron chi connectivity index (χ2n) is 9.77. The van der Waals surface area contributed by atoms with Crippen molar-refractivity contribution in [2.75, 3.05) is 32.7 Å². The Morgan fingerprint density at radius 2 is 2.05 bits per heavy atom. The number of rotatable bonds is 5. The number of carbonyl (C=O) groups excluding carboxylic acids is 2. The highest BCUT2D eigenvalue weighted by Gasteiger charge is 2.31. The standard InChI is InChI=1S/C28H27BN6O4S/c1-34(18-9-12-39-13-10-18)26(36)16-5-8-22(20(29)14-16)35-24-19(23(33-35)17-4-3-11-30-15-17)6-7-21-25(24)40-27(31-21)32-28(37)38-2/h3-5,8,11,14-15,18H,6-7,9-10,12-13H2,1-2H3,(H,31,32,37). The van der Waals surface area contributed by atoms with Crippen LogP contribution in [0.25, 0.3) is 27.5 Å². The normalized spacial score (nSPS) is 14.8. The maximum absolute atomic E-state index is 13.3. The summed E-state index contributed by atoms with van der Waals surface area (Å²) < 4.78 is 12.0. The van der Waals surface area contributed by atoms with Crippen LogP contribution in [0.4, 0.5) is 9.93 Å². The monoisotopic (exact) mass is 554 g/mol. The smallest absolute Gasteiger partial charge is 0.413 e. The van der Waals surface area contributed by atoms with E-state index in [2.05, 4.69) is 15.3 Å². The van der Waals surface area contributed by atoms with E-state index in [0.717, 1.165) is 45.9 Å². The first-order valence-corrected chi connectivity index (χ1v) is 13.9. The summed E-state index contributed by atoms with van der Waals surface area (Å²) in [5.41, 5.74) is 6.08. The van der Waals surface area contributed by atoms with Gasteiger partial charge >= 0.3 is 6.09 Å². The van der Waals surface area contributed by atoms with Crippen LogP contribution in [0.5, 0.6) is 0 Å². The van der Waals surface area contributed by atoms with E-state index in [1.165, 1.54) is 18.4 Å². The number of carbonyl (C=O) groups is 2. The first kappa shape index (κ1) is 26.2. The zero-order valence-electron chi connectivity index (χ0n) is 22.2. The van der Waals surface area contributed by atoms with Gasteiger partial charge in [0.25, 0.3) is 5.91 Å². The Kier molecular flexibility index (Phi) is 7.12. The summed E-state index contributed by atoms with van der Waals surface area (Å²) in [5.74, 6) is -0.0769. The van der Waals surface area contributed by atoms with Crippen molar-refractivity contribution in [1.29, 1.82) is 0 Å². The molecule has 4 aromatic rings. The van der Waals surface area contributed by atoms with Gasteiger partial charge in [-0.15, -0.1) is 0 Å². The molecule has 2 amide bonds. The minimum atomic E-state index is -0.578. The lowest BCUT2D eigenvalue weighted by molar-refractivity contribution is 0.0362. The highest BCUT2D eigenvalue weighted by Crippen LogP contribution is 2.44. The van der Waals surface area contributed by atoms with E-state index in [1.807, 2.05) is 29.9 Å². The van der Waals surface area contributed by atoms with Crippen LogP contribution in [0.3, 0.4) is 0 Å². The molecule has 0 unspecified atom stereocenters. The average molecular weight is 554 g/mol. The third kappa shape index (κ3) is 4.77. The molecule has 0 atom stereocenters. The molecule has 4 heterocycles. The number of anilines is 1. The number of hydrogen-bond acceptors (Lipinski definition) is 8. The number of aryl methyl sites for hydroxylation is 1. The maximum Gasteiger partial charge on any atom is 0.413 e. The lowest BCUT2D eigenvalue weighted by atomic mass is 9.91. The molecule has 0 saturated carbocycles. The van der Waals surface area contributed by atoms with Gasteiger partial charge < -0.3 is 14.4 Å². The summed E-state index contributed by atoms with van der Waals surface area (Å²) >= 11 is 1.36. The quantitative estimate of drug-likeness (QED) is 0.377. The molecule has 1 aliphatic carbocycles. The Labute approximate surface area is 236 Å². The lowest BCUT2D eigenvalue weighted by Crippen LogP contribution is -2.40. The van der Waals surface area contributed by atoms with Crippen molar-refractivity contribution in [3.8, 4) is 27.5 Å². The number of methoxy groups -OCH3 is 1. The predicted octanol–water partition coefficient (Wildman–Crippen LogP) is 3.38. The van der Waals surface area contributed by atoms with Gasteiger partial charge in [0.05, 0.1) is 34.8 Å². The summed E-state index contributed by atoms with van der Waals surface area (Å²) in [6.45, 7) is 1.31. The number of nitrogens with zero attached hydrogens (tertiary/aromatic N) is 5. The number of pyridine rings is 1. The van der Waals surface area contributed by atoms with E-state index in [1.54, 1.807) is 29.4 Å². The minimum absolute atomic E-state index is 0.0769. The fourth-order valence-corrected chi connectivity index (χ4v) is 6.35. The van der Waals surface area contributed by atoms with Gasteiger partial charge in [0.15, 0.2) is 5.13 Å². The Morgan fingerprint density at radius 1 is 1.23 bits per heavy atom. The van der Waals surface area contributed by atoms with Gasteiger partial charge in [-0.2, -0.15) is 5.10 Å². The van der Waals surface area contributed by atoms with Gasteiger partial charge in [-0.05, 0) is 49.9 Å². The van der Waals surface area contributed by atoms with Crippen molar-refractivity contribution in [3.63, 3.8) is 0 Å². The van der Waals surface area contributed by atoms with E-state index in [0.29, 0.717) is 47.9 Å². The van der Waals surface area contributed by atoms with Crippen LogP contribution < -0.4 is 10.8 Å². The molecular weight excluding hydrogens is 527 g/mol. The van der Waals surface area contributed by atoms with Crippen LogP contribution >= 0.6 is 11.3 Å². The number of aromatic nitrogens is 4. The number of fused-ring (bicyclic) bond motifs is 3. The number of hydrogen-bond donors (Lipinski definition) is 1. The second kappa shape index (κ2) is 10.9. The summed E-state index contributed by atoms with van der Waals surface area (Å²) in [6, 6.07) is 9.34. The van der Waals surface area contributed by atoms with Gasteiger partial charge in [0.2, 0.25) is 0 Å². The van der Waals surface area contributed by atoms with E-state index in [4.69, 9.17) is 22.4 Å². The molecule has 1 saturated heterocycles. The molecule has 3 aromatic heterocycles. The van der Waals surface area contributed by atoms with Crippen molar-refractivity contribution in [2.45, 2.75) is 31.7 Å². The summed E-state index contributed by atoms with van der Waals surface area (Å²) in [5, 5.41) is 8.14. The Morgan fingerprint density at radius 3 is 2.77 bits per heavy atom. The fourth-order valence-electron chi connectivity index (χ4n) is 5.29. The molecule has 2 radical (unpaired) electrons. The number of amides is 2. The van der Waals surface area contributed by atoms with Gasteiger partial charge in [-0.3, -0.25) is 15.1 Å². The van der Waals surface area contributed by atoms with E-state index in [9.17, 15) is 9.59 Å². The molecule has 40 heavy (non-hydrogen) atoms. The predicted molar refractivity (Wildman–Crippen MR) is 153 cm³/mol. The van der Waals surface area contributed by atoms with Crippen LogP contribution in [0.15, 0.2) is 42.7 Å². The van der Waals surface area contributed by atoms with Crippen molar-refractivity contribution in [1.82, 2.24) is 24.6 Å². The van der Waals surface area contributed by atoms with Crippen LogP contribution in [0.1, 0.15) is 34.5 Å². The highest BCUT2D eigenvalue weighted by atomic mass is 32.1. The largest absolute Gasteiger partial charge is 0.453 e. The summed E-state index contributed by atoms with van der Waals surface area (Å²) in [6.07, 6.45) is 5.97. The molecule has 0 bridgehead atoms. The van der Waals surface area contributed by atoms with Gasteiger partial charge in [0.1, 0.15) is 7.85 Å². The third-order valence-corrected chi connectivity index (χ3v) is 8.42. The van der Waals surface area contributed by atoms with Crippen molar-refractivity contribution >= 4 is 41.8 Å². The molecule has 1 fully saturated rings. The number of thiazole rings is 1. The number of ether oxygens (including phenoxy) is 2. The van der Waals surface area contributed by atoms with Crippen LogP contribution in [-0.4, -0.2) is 77.9 Å². The molecule has 202 valence electrons. The topological polar surface area (TPSA) is 111 Å². The van der Waals surface area contributed by atoms with Crippen molar-refractivity contribution < 1.29 is 19.1 Å². The molecule has 12 heteroatoms. The second-order valence-corrected chi connectivity index (χ2v) is 10.8. The zero-order chi connectivity index (χ0) is 27.8.